The molecule has 1 aromatic rings. The number of aliphatic hydroxyl groups is 1. The molecular weight excluding hydrogens is 162 g/mol. The Balaban J connectivity index is 2.32. The predicted octanol–water partition coefficient (Wildman–Crippen LogP) is -1.80. The zero-order valence-electron chi connectivity index (χ0n) is 6.48. The topological polar surface area (TPSA) is 104 Å². The van der Waals surface area contributed by atoms with Gasteiger partial charge >= 0.3 is 0 Å². The lowest BCUT2D eigenvalue weighted by atomic mass is 10.4. The number of carbonyl (C=O) groups excluding carboxylic acids is 1. The smallest absolute Gasteiger partial charge is 0.248 e. The van der Waals surface area contributed by atoms with E-state index < -0.39 is 12.0 Å². The number of aromatic amines is 1. The average molecular weight is 171 g/mol. The first-order valence-corrected chi connectivity index (χ1v) is 3.38. The molecule has 7 nitrogen and oxygen atoms in total. The van der Waals surface area contributed by atoms with Gasteiger partial charge in [-0.1, -0.05) is 5.21 Å². The highest BCUT2D eigenvalue weighted by Gasteiger charge is 2.08. The molecule has 0 aliphatic heterocycles. The lowest BCUT2D eigenvalue weighted by Crippen LogP contribution is -2.32. The second-order valence-corrected chi connectivity index (χ2v) is 2.22. The van der Waals surface area contributed by atoms with Crippen molar-refractivity contribution in [2.45, 2.75) is 19.6 Å². The van der Waals surface area contributed by atoms with Crippen molar-refractivity contribution >= 4 is 5.91 Å². The average Bonchev–Trinajstić information content (AvgIpc) is 2.51. The van der Waals surface area contributed by atoms with Gasteiger partial charge in [0.25, 0.3) is 0 Å². The Morgan fingerprint density at radius 3 is 3.08 bits per heavy atom. The Morgan fingerprint density at radius 1 is 1.83 bits per heavy atom. The maximum absolute atomic E-state index is 10.8. The molecule has 0 unspecified atom stereocenters. The Bertz CT molecular complexity index is 244. The van der Waals surface area contributed by atoms with E-state index in [-0.39, 0.29) is 6.54 Å². The van der Waals surface area contributed by atoms with Gasteiger partial charge in [-0.25, -0.2) is 0 Å². The van der Waals surface area contributed by atoms with Gasteiger partial charge in [-0.15, -0.1) is 10.2 Å². The van der Waals surface area contributed by atoms with Gasteiger partial charge in [-0.3, -0.25) is 4.79 Å². The first kappa shape index (κ1) is 8.60. The Kier molecular flexibility index (Phi) is 2.70. The molecule has 3 N–H and O–H groups in total. The number of hydrogen-bond acceptors (Lipinski definition) is 5. The molecule has 0 aliphatic rings. The van der Waals surface area contributed by atoms with Crippen LogP contribution in [0, 0.1) is 0 Å². The van der Waals surface area contributed by atoms with Crippen molar-refractivity contribution in [1.82, 2.24) is 25.9 Å². The van der Waals surface area contributed by atoms with Crippen LogP contribution in [0.15, 0.2) is 0 Å². The number of tetrazole rings is 1. The molecule has 1 atom stereocenters. The number of H-pyrrole nitrogens is 1. The zero-order chi connectivity index (χ0) is 8.97. The molecule has 1 rings (SSSR count). The number of nitrogens with one attached hydrogen (secondary N) is 2. The van der Waals surface area contributed by atoms with Crippen molar-refractivity contribution in [3.8, 4) is 0 Å². The molecule has 0 saturated heterocycles. The Morgan fingerprint density at radius 2 is 2.58 bits per heavy atom. The summed E-state index contributed by atoms with van der Waals surface area (Å²) in [5.74, 6) is -0.0798. The number of hydrogen-bond donors (Lipinski definition) is 3. The van der Waals surface area contributed by atoms with E-state index in [2.05, 4.69) is 25.9 Å². The fourth-order valence-electron chi connectivity index (χ4n) is 0.571. The standard InChI is InChI=1S/C5H9N5O2/c1-3(11)5(12)6-2-4-7-9-10-8-4/h3,11H,2H2,1H3,(H,6,12)(H,7,8,9,10)/t3-/m1/s1. The Hall–Kier alpha value is -1.50. The summed E-state index contributed by atoms with van der Waals surface area (Å²) in [5.41, 5.74) is 0. The predicted molar refractivity (Wildman–Crippen MR) is 37.7 cm³/mol. The van der Waals surface area contributed by atoms with Gasteiger partial charge in [-0.2, -0.15) is 5.21 Å². The summed E-state index contributed by atoms with van der Waals surface area (Å²) in [6.45, 7) is 1.55. The number of rotatable bonds is 3. The molecule has 0 aliphatic carbocycles. The fraction of sp³-hybridized carbons (Fsp3) is 0.600. The first-order valence-electron chi connectivity index (χ1n) is 3.38. The highest BCUT2D eigenvalue weighted by molar-refractivity contribution is 5.79. The lowest BCUT2D eigenvalue weighted by Gasteiger charge is -2.03. The number of nitrogens with zero attached hydrogens (tertiary/aromatic N) is 3. The SMILES string of the molecule is C[C@@H](O)C(=O)NCc1nn[nH]n1. The van der Waals surface area contributed by atoms with Gasteiger partial charge in [0.1, 0.15) is 6.10 Å². The van der Waals surface area contributed by atoms with Crippen LogP contribution in [-0.2, 0) is 11.3 Å². The monoisotopic (exact) mass is 171 g/mol. The van der Waals surface area contributed by atoms with Crippen LogP contribution in [0.3, 0.4) is 0 Å². The summed E-state index contributed by atoms with van der Waals surface area (Å²) < 4.78 is 0. The molecule has 0 saturated carbocycles. The second-order valence-electron chi connectivity index (χ2n) is 2.22. The van der Waals surface area contributed by atoms with Crippen molar-refractivity contribution in [3.05, 3.63) is 5.82 Å². The van der Waals surface area contributed by atoms with Gasteiger partial charge in [0, 0.05) is 0 Å². The molecule has 7 heteroatoms. The number of aliphatic hydroxyl groups excluding tert-OH is 1. The lowest BCUT2D eigenvalue weighted by molar-refractivity contribution is -0.128. The maximum atomic E-state index is 10.8. The molecule has 1 heterocycles. The number of carbonyl (C=O) groups is 1. The van der Waals surface area contributed by atoms with Crippen molar-refractivity contribution in [2.24, 2.45) is 0 Å². The highest BCUT2D eigenvalue weighted by atomic mass is 16.3. The van der Waals surface area contributed by atoms with Crippen LogP contribution in [0.1, 0.15) is 12.7 Å². The van der Waals surface area contributed by atoms with E-state index in [1.165, 1.54) is 6.92 Å². The van der Waals surface area contributed by atoms with Crippen LogP contribution < -0.4 is 5.32 Å². The summed E-state index contributed by atoms with van der Waals surface area (Å²) in [6, 6.07) is 0. The van der Waals surface area contributed by atoms with Crippen LogP contribution in [-0.4, -0.2) is 37.7 Å². The second kappa shape index (κ2) is 3.77. The van der Waals surface area contributed by atoms with Crippen molar-refractivity contribution in [1.29, 1.82) is 0 Å². The van der Waals surface area contributed by atoms with E-state index in [9.17, 15) is 4.79 Å². The summed E-state index contributed by atoms with van der Waals surface area (Å²) in [7, 11) is 0. The molecule has 0 aromatic carbocycles. The van der Waals surface area contributed by atoms with Crippen LogP contribution in [0.2, 0.25) is 0 Å². The van der Waals surface area contributed by atoms with Crippen LogP contribution in [0.5, 0.6) is 0 Å². The molecule has 0 radical (unpaired) electrons. The minimum absolute atomic E-state index is 0.167. The van der Waals surface area contributed by atoms with Gasteiger partial charge in [0.15, 0.2) is 5.82 Å². The molecular formula is C5H9N5O2. The van der Waals surface area contributed by atoms with Gasteiger partial charge < -0.3 is 10.4 Å². The molecule has 0 spiro atoms. The van der Waals surface area contributed by atoms with Crippen molar-refractivity contribution in [3.63, 3.8) is 0 Å². The van der Waals surface area contributed by atoms with E-state index in [1.807, 2.05) is 0 Å². The molecule has 0 fully saturated rings. The number of aromatic nitrogens is 4. The number of amides is 1. The van der Waals surface area contributed by atoms with Crippen LogP contribution >= 0.6 is 0 Å². The van der Waals surface area contributed by atoms with Crippen molar-refractivity contribution in [2.75, 3.05) is 0 Å². The highest BCUT2D eigenvalue weighted by Crippen LogP contribution is 1.84. The quantitative estimate of drug-likeness (QED) is 0.497. The molecule has 66 valence electrons. The summed E-state index contributed by atoms with van der Waals surface area (Å²) in [5, 5.41) is 23.9. The molecule has 1 aromatic heterocycles. The minimum Gasteiger partial charge on any atom is -0.384 e. The van der Waals surface area contributed by atoms with Crippen LogP contribution in [0.4, 0.5) is 0 Å². The third-order valence-electron chi connectivity index (χ3n) is 1.19. The Labute approximate surface area is 68.2 Å². The molecule has 0 bridgehead atoms. The third kappa shape index (κ3) is 2.27. The van der Waals surface area contributed by atoms with E-state index in [0.717, 1.165) is 0 Å². The fourth-order valence-corrected chi connectivity index (χ4v) is 0.571. The van der Waals surface area contributed by atoms with E-state index >= 15 is 0 Å². The summed E-state index contributed by atoms with van der Waals surface area (Å²) in [6.07, 6.45) is -1.02. The van der Waals surface area contributed by atoms with E-state index in [1.54, 1.807) is 0 Å². The maximum Gasteiger partial charge on any atom is 0.248 e. The minimum atomic E-state index is -1.02. The van der Waals surface area contributed by atoms with Crippen LogP contribution in [0.25, 0.3) is 0 Å². The van der Waals surface area contributed by atoms with Gasteiger partial charge in [-0.05, 0) is 6.92 Å². The van der Waals surface area contributed by atoms with E-state index in [0.29, 0.717) is 5.82 Å². The van der Waals surface area contributed by atoms with Gasteiger partial charge in [0.05, 0.1) is 6.54 Å². The normalized spacial score (nSPS) is 12.5. The van der Waals surface area contributed by atoms with Crippen molar-refractivity contribution < 1.29 is 9.90 Å². The van der Waals surface area contributed by atoms with E-state index in [4.69, 9.17) is 5.11 Å². The van der Waals surface area contributed by atoms with Gasteiger partial charge in [0.2, 0.25) is 5.91 Å². The third-order valence-corrected chi connectivity index (χ3v) is 1.19. The summed E-state index contributed by atoms with van der Waals surface area (Å²) in [4.78, 5) is 10.8. The first-order chi connectivity index (χ1) is 5.70. The molecule has 12 heavy (non-hydrogen) atoms. The largest absolute Gasteiger partial charge is 0.384 e. The molecule has 1 amide bonds. The summed E-state index contributed by atoms with van der Waals surface area (Å²) >= 11 is 0. The zero-order valence-corrected chi connectivity index (χ0v) is 6.48.